The summed E-state index contributed by atoms with van der Waals surface area (Å²) in [6.07, 6.45) is 6.14. The molecule has 1 atom stereocenters. The first-order chi connectivity index (χ1) is 12.3. The van der Waals surface area contributed by atoms with Crippen molar-refractivity contribution < 1.29 is 17.9 Å². The van der Waals surface area contributed by atoms with Crippen molar-refractivity contribution >= 4 is 15.7 Å². The fraction of sp³-hybridized carbons (Fsp3) is 0.722. The number of sulfone groups is 1. The van der Waals surface area contributed by atoms with Crippen molar-refractivity contribution in [3.8, 4) is 0 Å². The van der Waals surface area contributed by atoms with Gasteiger partial charge in [0.25, 0.3) is 0 Å². The molecule has 3 aliphatic heterocycles. The molecule has 1 amide bonds. The van der Waals surface area contributed by atoms with Crippen LogP contribution >= 0.6 is 0 Å². The lowest BCUT2D eigenvalue weighted by atomic mass is 9.85. The van der Waals surface area contributed by atoms with E-state index in [1.54, 1.807) is 6.08 Å². The molecule has 4 aliphatic rings. The summed E-state index contributed by atoms with van der Waals surface area (Å²) < 4.78 is 31.8. The first-order valence-corrected chi connectivity index (χ1v) is 10.9. The number of hydrogen-bond donors (Lipinski definition) is 2. The number of amides is 1. The number of nitrogens with two attached hydrogens (primary N) is 1. The van der Waals surface area contributed by atoms with Crippen LogP contribution in [0.2, 0.25) is 0 Å². The zero-order valence-electron chi connectivity index (χ0n) is 15.2. The summed E-state index contributed by atoms with van der Waals surface area (Å²) in [4.78, 5) is 13.6. The van der Waals surface area contributed by atoms with Crippen molar-refractivity contribution in [3.05, 3.63) is 23.4 Å². The van der Waals surface area contributed by atoms with Crippen LogP contribution in [0, 0.1) is 0 Å². The average molecular weight is 381 g/mol. The molecule has 0 aromatic carbocycles. The van der Waals surface area contributed by atoms with Gasteiger partial charge in [-0.1, -0.05) is 0 Å². The van der Waals surface area contributed by atoms with Crippen molar-refractivity contribution in [2.24, 2.45) is 5.73 Å². The van der Waals surface area contributed by atoms with E-state index in [9.17, 15) is 13.2 Å². The van der Waals surface area contributed by atoms with E-state index in [1.807, 2.05) is 13.0 Å². The van der Waals surface area contributed by atoms with Gasteiger partial charge in [0.1, 0.15) is 0 Å². The van der Waals surface area contributed by atoms with E-state index in [0.717, 1.165) is 12.2 Å². The molecule has 3 N–H and O–H groups in total. The Bertz CT molecular complexity index is 778. The molecule has 26 heavy (non-hydrogen) atoms. The molecule has 0 aromatic rings. The third-order valence-corrected chi connectivity index (χ3v) is 9.86. The molecule has 1 aliphatic carbocycles. The highest BCUT2D eigenvalue weighted by molar-refractivity contribution is 7.93. The van der Waals surface area contributed by atoms with Crippen LogP contribution in [0.25, 0.3) is 0 Å². The summed E-state index contributed by atoms with van der Waals surface area (Å²) in [6, 6.07) is 0. The van der Waals surface area contributed by atoms with Crippen molar-refractivity contribution in [1.82, 2.24) is 10.2 Å². The van der Waals surface area contributed by atoms with E-state index in [1.165, 1.54) is 0 Å². The predicted octanol–water partition coefficient (Wildman–Crippen LogP) is 0.0859. The van der Waals surface area contributed by atoms with E-state index in [0.29, 0.717) is 57.6 Å². The molecule has 0 spiro atoms. The maximum atomic E-state index is 13.6. The van der Waals surface area contributed by atoms with E-state index < -0.39 is 26.0 Å². The van der Waals surface area contributed by atoms with E-state index in [2.05, 4.69) is 10.2 Å². The van der Waals surface area contributed by atoms with Crippen LogP contribution in [0.4, 0.5) is 0 Å². The first kappa shape index (κ1) is 18.0. The number of primary amides is 1. The molecule has 1 saturated carbocycles. The van der Waals surface area contributed by atoms with Gasteiger partial charge in [0.2, 0.25) is 5.91 Å². The highest BCUT2D eigenvalue weighted by atomic mass is 32.2. The number of hydrogen-bond acceptors (Lipinski definition) is 6. The molecule has 0 radical (unpaired) electrons. The highest BCUT2D eigenvalue weighted by Crippen LogP contribution is 2.57. The summed E-state index contributed by atoms with van der Waals surface area (Å²) in [7, 11) is -3.31. The molecule has 144 valence electrons. The topological polar surface area (TPSA) is 102 Å². The third-order valence-electron chi connectivity index (χ3n) is 6.60. The van der Waals surface area contributed by atoms with Gasteiger partial charge in [0, 0.05) is 44.1 Å². The Labute approximate surface area is 154 Å². The Kier molecular flexibility index (Phi) is 4.20. The molecule has 3 fully saturated rings. The molecule has 8 heteroatoms. The molecule has 2 saturated heterocycles. The number of nitrogens with zero attached hydrogens (tertiary/aromatic N) is 1. The number of piperazine rings is 1. The first-order valence-electron chi connectivity index (χ1n) is 9.34. The number of fused-ring (bicyclic) bond motifs is 1. The lowest BCUT2D eigenvalue weighted by molar-refractivity contribution is -0.114. The minimum absolute atomic E-state index is 0.325. The van der Waals surface area contributed by atoms with Gasteiger partial charge < -0.3 is 20.7 Å². The molecular weight excluding hydrogens is 354 g/mol. The molecule has 0 bridgehead atoms. The van der Waals surface area contributed by atoms with Crippen molar-refractivity contribution in [2.75, 3.05) is 32.8 Å². The quantitative estimate of drug-likeness (QED) is 0.715. The summed E-state index contributed by atoms with van der Waals surface area (Å²) in [6.45, 7) is 4.92. The second-order valence-corrected chi connectivity index (χ2v) is 10.5. The van der Waals surface area contributed by atoms with Gasteiger partial charge in [-0.3, -0.25) is 4.79 Å². The van der Waals surface area contributed by atoms with Crippen LogP contribution in [-0.2, 0) is 19.4 Å². The van der Waals surface area contributed by atoms with Crippen LogP contribution < -0.4 is 11.1 Å². The van der Waals surface area contributed by atoms with Gasteiger partial charge in [0.15, 0.2) is 9.84 Å². The monoisotopic (exact) mass is 381 g/mol. The normalized spacial score (nSPS) is 31.7. The van der Waals surface area contributed by atoms with Crippen molar-refractivity contribution in [2.45, 2.75) is 48.1 Å². The largest absolute Gasteiger partial charge is 0.381 e. The second kappa shape index (κ2) is 6.07. The zero-order chi connectivity index (χ0) is 18.6. The number of allylic oxidation sites excluding steroid dienone is 2. The fourth-order valence-electron chi connectivity index (χ4n) is 4.88. The number of carbonyl (C=O) groups is 1. The maximum absolute atomic E-state index is 13.6. The van der Waals surface area contributed by atoms with Gasteiger partial charge >= 0.3 is 0 Å². The Morgan fingerprint density at radius 3 is 2.62 bits per heavy atom. The molecule has 4 rings (SSSR count). The second-order valence-electron chi connectivity index (χ2n) is 7.93. The highest BCUT2D eigenvalue weighted by Gasteiger charge is 2.69. The Morgan fingerprint density at radius 2 is 2.00 bits per heavy atom. The van der Waals surface area contributed by atoms with Gasteiger partial charge in [-0.25, -0.2) is 8.42 Å². The van der Waals surface area contributed by atoms with E-state index in [-0.39, 0.29) is 5.25 Å². The predicted molar refractivity (Wildman–Crippen MR) is 98.1 cm³/mol. The number of nitrogens with one attached hydrogen (secondary N) is 1. The molecule has 7 nitrogen and oxygen atoms in total. The van der Waals surface area contributed by atoms with Crippen LogP contribution in [0.5, 0.6) is 0 Å². The standard InChI is InChI=1S/C18H27N3O4S/c1-17(15-3-2-13(16(19)22)12-21(15)9-8-20-17)18(6-7-18)26(23,24)14-4-10-25-11-5-14/h2-3,14,20H,4-12H2,1H3,(H2,19,22). The Hall–Kier alpha value is -1.38. The maximum Gasteiger partial charge on any atom is 0.246 e. The van der Waals surface area contributed by atoms with Gasteiger partial charge in [-0.2, -0.15) is 0 Å². The third kappa shape index (κ3) is 2.46. The van der Waals surface area contributed by atoms with Crippen molar-refractivity contribution in [1.29, 1.82) is 0 Å². The SMILES string of the molecule is CC1(C2(S(=O)(=O)C3CCOCC3)CC2)NCCN2CC(C(N)=O)=CC=C21. The Balaban J connectivity index is 1.72. The van der Waals surface area contributed by atoms with Gasteiger partial charge in [-0.15, -0.1) is 0 Å². The summed E-state index contributed by atoms with van der Waals surface area (Å²) in [5.74, 6) is -0.420. The lowest BCUT2D eigenvalue weighted by Crippen LogP contribution is -2.67. The molecule has 0 aromatic heterocycles. The van der Waals surface area contributed by atoms with Crippen LogP contribution in [0.15, 0.2) is 23.4 Å². The van der Waals surface area contributed by atoms with Gasteiger partial charge in [-0.05, 0) is 44.8 Å². The molecule has 3 heterocycles. The van der Waals surface area contributed by atoms with Crippen LogP contribution in [-0.4, -0.2) is 67.6 Å². The minimum atomic E-state index is -3.31. The van der Waals surface area contributed by atoms with Crippen LogP contribution in [0.1, 0.15) is 32.6 Å². The minimum Gasteiger partial charge on any atom is -0.381 e. The summed E-state index contributed by atoms with van der Waals surface area (Å²) >= 11 is 0. The average Bonchev–Trinajstić information content (AvgIpc) is 3.45. The number of ether oxygens (including phenoxy) is 1. The molecule has 1 unspecified atom stereocenters. The van der Waals surface area contributed by atoms with Crippen LogP contribution in [0.3, 0.4) is 0 Å². The summed E-state index contributed by atoms with van der Waals surface area (Å²) in [5, 5.41) is 3.20. The zero-order valence-corrected chi connectivity index (χ0v) is 16.0. The summed E-state index contributed by atoms with van der Waals surface area (Å²) in [5.41, 5.74) is 6.31. The van der Waals surface area contributed by atoms with Gasteiger partial charge in [0.05, 0.1) is 15.5 Å². The van der Waals surface area contributed by atoms with E-state index in [4.69, 9.17) is 10.5 Å². The molecular formula is C18H27N3O4S. The Morgan fingerprint density at radius 1 is 1.31 bits per heavy atom. The smallest absolute Gasteiger partial charge is 0.246 e. The number of carbonyl (C=O) groups excluding carboxylic acids is 1. The lowest BCUT2D eigenvalue weighted by Gasteiger charge is -2.51. The van der Waals surface area contributed by atoms with E-state index >= 15 is 0 Å². The fourth-order valence-corrected chi connectivity index (χ4v) is 7.75. The van der Waals surface area contributed by atoms with Crippen molar-refractivity contribution in [3.63, 3.8) is 0 Å². The number of rotatable bonds is 4.